The number of nitrogens with zero attached hydrogens (tertiary/aromatic N) is 1. The van der Waals surface area contributed by atoms with Crippen molar-refractivity contribution in [1.29, 1.82) is 0 Å². The fourth-order valence-electron chi connectivity index (χ4n) is 1.88. The molecule has 2 aromatic rings. The average Bonchev–Trinajstić information content (AvgIpc) is 3.10. The van der Waals surface area contributed by atoms with Crippen molar-refractivity contribution in [2.75, 3.05) is 23.9 Å². The number of carbonyl (C=O) groups excluding carboxylic acids is 2. The lowest BCUT2D eigenvalue weighted by atomic mass is 10.2. The Morgan fingerprint density at radius 2 is 2.12 bits per heavy atom. The molecule has 0 radical (unpaired) electrons. The van der Waals surface area contributed by atoms with Crippen LogP contribution < -0.4 is 15.4 Å². The van der Waals surface area contributed by atoms with Gasteiger partial charge in [-0.05, 0) is 30.6 Å². The molecule has 0 spiro atoms. The number of thioether (sulfide) groups is 1. The van der Waals surface area contributed by atoms with Crippen LogP contribution in [0.4, 0.5) is 5.13 Å². The monoisotopic (exact) mass is 365 g/mol. The Kier molecular flexibility index (Phi) is 7.57. The smallest absolute Gasteiger partial charge is 0.258 e. The Hall–Kier alpha value is -2.06. The zero-order chi connectivity index (χ0) is 17.2. The Morgan fingerprint density at radius 3 is 2.79 bits per heavy atom. The standard InChI is InChI=1S/C16H19N3O3S2/c1-23-9-7-13(15(21)19-16-17-8-10-24-16)18-14(20)11-22-12-5-3-2-4-6-12/h2-6,8,10,13H,7,9,11H2,1H3,(H,18,20)(H,17,19,21)/t13-/m0/s1. The van der Waals surface area contributed by atoms with E-state index < -0.39 is 6.04 Å². The summed E-state index contributed by atoms with van der Waals surface area (Å²) in [7, 11) is 0. The Morgan fingerprint density at radius 1 is 1.33 bits per heavy atom. The van der Waals surface area contributed by atoms with E-state index in [1.54, 1.807) is 35.5 Å². The van der Waals surface area contributed by atoms with Crippen molar-refractivity contribution in [2.45, 2.75) is 12.5 Å². The van der Waals surface area contributed by atoms with Crippen molar-refractivity contribution >= 4 is 40.0 Å². The maximum absolute atomic E-state index is 12.3. The van der Waals surface area contributed by atoms with Crippen LogP contribution >= 0.6 is 23.1 Å². The SMILES string of the molecule is CSCC[C@H](NC(=O)COc1ccccc1)C(=O)Nc1nccs1. The van der Waals surface area contributed by atoms with Gasteiger partial charge < -0.3 is 15.4 Å². The molecule has 0 aliphatic carbocycles. The minimum atomic E-state index is -0.617. The molecule has 0 aliphatic heterocycles. The lowest BCUT2D eigenvalue weighted by molar-refractivity contribution is -0.127. The highest BCUT2D eigenvalue weighted by Gasteiger charge is 2.21. The zero-order valence-electron chi connectivity index (χ0n) is 13.2. The van der Waals surface area contributed by atoms with Crippen LogP contribution in [-0.4, -0.2) is 41.5 Å². The maximum atomic E-state index is 12.3. The second kappa shape index (κ2) is 9.94. The van der Waals surface area contributed by atoms with Crippen LogP contribution in [0.15, 0.2) is 41.9 Å². The van der Waals surface area contributed by atoms with E-state index in [9.17, 15) is 9.59 Å². The molecule has 1 heterocycles. The first-order valence-corrected chi connectivity index (χ1v) is 9.63. The highest BCUT2D eigenvalue weighted by atomic mass is 32.2. The fraction of sp³-hybridized carbons (Fsp3) is 0.312. The van der Waals surface area contributed by atoms with Crippen LogP contribution in [0, 0.1) is 0 Å². The number of amides is 2. The van der Waals surface area contributed by atoms with Crippen LogP contribution in [0.2, 0.25) is 0 Å². The largest absolute Gasteiger partial charge is 0.484 e. The molecule has 2 N–H and O–H groups in total. The average molecular weight is 365 g/mol. The molecule has 128 valence electrons. The first kappa shape index (κ1) is 18.3. The number of thiazole rings is 1. The van der Waals surface area contributed by atoms with Gasteiger partial charge in [-0.2, -0.15) is 11.8 Å². The van der Waals surface area contributed by atoms with Gasteiger partial charge in [0.1, 0.15) is 11.8 Å². The highest BCUT2D eigenvalue weighted by molar-refractivity contribution is 7.98. The van der Waals surface area contributed by atoms with Gasteiger partial charge in [0.25, 0.3) is 5.91 Å². The van der Waals surface area contributed by atoms with Crippen LogP contribution in [-0.2, 0) is 9.59 Å². The number of para-hydroxylation sites is 1. The van der Waals surface area contributed by atoms with Crippen LogP contribution in [0.25, 0.3) is 0 Å². The summed E-state index contributed by atoms with van der Waals surface area (Å²) in [5.74, 6) is 0.766. The molecule has 1 aromatic carbocycles. The second-order valence-electron chi connectivity index (χ2n) is 4.83. The van der Waals surface area contributed by atoms with Gasteiger partial charge in [-0.15, -0.1) is 11.3 Å². The number of benzene rings is 1. The maximum Gasteiger partial charge on any atom is 0.258 e. The summed E-state index contributed by atoms with van der Waals surface area (Å²) in [6.45, 7) is -0.135. The van der Waals surface area contributed by atoms with Crippen molar-refractivity contribution in [3.8, 4) is 5.75 Å². The van der Waals surface area contributed by atoms with Crippen molar-refractivity contribution in [1.82, 2.24) is 10.3 Å². The minimum Gasteiger partial charge on any atom is -0.484 e. The molecular weight excluding hydrogens is 346 g/mol. The summed E-state index contributed by atoms with van der Waals surface area (Å²) >= 11 is 2.95. The molecule has 0 fully saturated rings. The van der Waals surface area contributed by atoms with Crippen LogP contribution in [0.3, 0.4) is 0 Å². The predicted octanol–water partition coefficient (Wildman–Crippen LogP) is 2.40. The number of ether oxygens (including phenoxy) is 1. The van der Waals surface area contributed by atoms with Crippen molar-refractivity contribution < 1.29 is 14.3 Å². The van der Waals surface area contributed by atoms with Gasteiger partial charge in [0, 0.05) is 11.6 Å². The topological polar surface area (TPSA) is 80.3 Å². The first-order chi connectivity index (χ1) is 11.7. The normalized spacial score (nSPS) is 11.5. The van der Waals surface area contributed by atoms with Crippen LogP contribution in [0.5, 0.6) is 5.75 Å². The van der Waals surface area contributed by atoms with Gasteiger partial charge in [0.15, 0.2) is 11.7 Å². The number of hydrogen-bond donors (Lipinski definition) is 2. The third-order valence-corrected chi connectivity index (χ3v) is 4.37. The zero-order valence-corrected chi connectivity index (χ0v) is 14.9. The summed E-state index contributed by atoms with van der Waals surface area (Å²) in [5, 5.41) is 7.73. The molecular formula is C16H19N3O3S2. The third kappa shape index (κ3) is 6.21. The lowest BCUT2D eigenvalue weighted by Crippen LogP contribution is -2.45. The number of aromatic nitrogens is 1. The van der Waals surface area contributed by atoms with Gasteiger partial charge in [-0.3, -0.25) is 9.59 Å². The molecule has 1 aromatic heterocycles. The molecule has 1 atom stereocenters. The number of anilines is 1. The molecule has 6 nitrogen and oxygen atoms in total. The summed E-state index contributed by atoms with van der Waals surface area (Å²) in [6, 6.07) is 8.45. The Labute approximate surface area is 149 Å². The van der Waals surface area contributed by atoms with Crippen molar-refractivity contribution in [2.24, 2.45) is 0 Å². The van der Waals surface area contributed by atoms with E-state index in [1.165, 1.54) is 11.3 Å². The molecule has 0 bridgehead atoms. The highest BCUT2D eigenvalue weighted by Crippen LogP contribution is 2.12. The molecule has 8 heteroatoms. The molecule has 2 rings (SSSR count). The Balaban J connectivity index is 1.87. The third-order valence-electron chi connectivity index (χ3n) is 3.04. The van der Waals surface area contributed by atoms with Gasteiger partial charge >= 0.3 is 0 Å². The van der Waals surface area contributed by atoms with E-state index >= 15 is 0 Å². The number of rotatable bonds is 9. The van der Waals surface area contributed by atoms with Gasteiger partial charge in [0.2, 0.25) is 5.91 Å². The first-order valence-electron chi connectivity index (χ1n) is 7.35. The van der Waals surface area contributed by atoms with Crippen LogP contribution in [0.1, 0.15) is 6.42 Å². The molecule has 2 amide bonds. The minimum absolute atomic E-state index is 0.135. The molecule has 0 aliphatic rings. The molecule has 24 heavy (non-hydrogen) atoms. The quantitative estimate of drug-likeness (QED) is 0.713. The lowest BCUT2D eigenvalue weighted by Gasteiger charge is -2.17. The Bertz CT molecular complexity index is 635. The van der Waals surface area contributed by atoms with E-state index in [-0.39, 0.29) is 18.4 Å². The predicted molar refractivity (Wildman–Crippen MR) is 97.6 cm³/mol. The van der Waals surface area contributed by atoms with Gasteiger partial charge in [0.05, 0.1) is 0 Å². The summed E-state index contributed by atoms with van der Waals surface area (Å²) in [4.78, 5) is 28.4. The molecule has 0 saturated heterocycles. The number of carbonyl (C=O) groups is 2. The molecule has 0 unspecified atom stereocenters. The fourth-order valence-corrected chi connectivity index (χ4v) is 2.89. The van der Waals surface area contributed by atoms with E-state index in [0.717, 1.165) is 5.75 Å². The number of nitrogens with one attached hydrogen (secondary N) is 2. The van der Waals surface area contributed by atoms with Crippen molar-refractivity contribution in [3.05, 3.63) is 41.9 Å². The van der Waals surface area contributed by atoms with E-state index in [2.05, 4.69) is 15.6 Å². The summed E-state index contributed by atoms with van der Waals surface area (Å²) < 4.78 is 5.40. The van der Waals surface area contributed by atoms with E-state index in [4.69, 9.17) is 4.74 Å². The summed E-state index contributed by atoms with van der Waals surface area (Å²) in [5.41, 5.74) is 0. The van der Waals surface area contributed by atoms with Gasteiger partial charge in [-0.25, -0.2) is 4.98 Å². The second-order valence-corrected chi connectivity index (χ2v) is 6.71. The van der Waals surface area contributed by atoms with E-state index in [0.29, 0.717) is 17.3 Å². The molecule has 0 saturated carbocycles. The van der Waals surface area contributed by atoms with Crippen molar-refractivity contribution in [3.63, 3.8) is 0 Å². The van der Waals surface area contributed by atoms with E-state index in [1.807, 2.05) is 24.5 Å². The van der Waals surface area contributed by atoms with Gasteiger partial charge in [-0.1, -0.05) is 18.2 Å². The number of hydrogen-bond acceptors (Lipinski definition) is 6. The summed E-state index contributed by atoms with van der Waals surface area (Å²) in [6.07, 6.45) is 4.11.